The highest BCUT2D eigenvalue weighted by atomic mass is 16.2. The van der Waals surface area contributed by atoms with Crippen LogP contribution in [0.2, 0.25) is 0 Å². The predicted octanol–water partition coefficient (Wildman–Crippen LogP) is 0.712. The van der Waals surface area contributed by atoms with E-state index in [2.05, 4.69) is 29.0 Å². The van der Waals surface area contributed by atoms with E-state index in [1.807, 2.05) is 13.1 Å². The standard InChI is InChI=1S/C15H20N2O2/c1-3-17(2)11-10-16-15(19)14-9-5-4-7-13(14)8-6-12-18/h4-5,7,9,18H,3,10-12H2,1-2H3,(H,16,19). The highest BCUT2D eigenvalue weighted by Gasteiger charge is 2.08. The van der Waals surface area contributed by atoms with Crippen LogP contribution in [0.5, 0.6) is 0 Å². The van der Waals surface area contributed by atoms with Crippen LogP contribution in [0.25, 0.3) is 0 Å². The van der Waals surface area contributed by atoms with Crippen molar-refractivity contribution in [2.45, 2.75) is 6.92 Å². The van der Waals surface area contributed by atoms with E-state index in [-0.39, 0.29) is 12.5 Å². The summed E-state index contributed by atoms with van der Waals surface area (Å²) in [6, 6.07) is 7.14. The van der Waals surface area contributed by atoms with Crippen molar-refractivity contribution in [3.05, 3.63) is 35.4 Å². The fourth-order valence-electron chi connectivity index (χ4n) is 1.54. The average Bonchev–Trinajstić information content (AvgIpc) is 2.45. The first-order chi connectivity index (χ1) is 9.19. The second-order valence-corrected chi connectivity index (χ2v) is 4.16. The number of nitrogens with one attached hydrogen (secondary N) is 1. The van der Waals surface area contributed by atoms with Crippen molar-refractivity contribution in [2.24, 2.45) is 0 Å². The number of rotatable bonds is 5. The molecule has 1 rings (SSSR count). The van der Waals surface area contributed by atoms with Crippen LogP contribution in [-0.2, 0) is 0 Å². The van der Waals surface area contributed by atoms with Crippen LogP contribution in [0.3, 0.4) is 0 Å². The third-order valence-corrected chi connectivity index (χ3v) is 2.79. The van der Waals surface area contributed by atoms with Crippen molar-refractivity contribution >= 4 is 5.91 Å². The molecule has 19 heavy (non-hydrogen) atoms. The van der Waals surface area contributed by atoms with Gasteiger partial charge in [-0.2, -0.15) is 0 Å². The first-order valence-corrected chi connectivity index (χ1v) is 6.34. The van der Waals surface area contributed by atoms with Gasteiger partial charge < -0.3 is 15.3 Å². The Morgan fingerprint density at radius 2 is 2.16 bits per heavy atom. The lowest BCUT2D eigenvalue weighted by molar-refractivity contribution is 0.0950. The molecule has 1 aromatic carbocycles. The van der Waals surface area contributed by atoms with Crippen LogP contribution < -0.4 is 5.32 Å². The van der Waals surface area contributed by atoms with E-state index in [9.17, 15) is 4.79 Å². The zero-order valence-corrected chi connectivity index (χ0v) is 11.4. The maximum atomic E-state index is 12.0. The molecule has 0 saturated heterocycles. The number of nitrogens with zero attached hydrogens (tertiary/aromatic N) is 1. The molecule has 0 saturated carbocycles. The Kier molecular flexibility index (Phi) is 6.65. The molecule has 2 N–H and O–H groups in total. The van der Waals surface area contributed by atoms with Crippen LogP contribution in [0.4, 0.5) is 0 Å². The summed E-state index contributed by atoms with van der Waals surface area (Å²) in [5, 5.41) is 11.6. The number of likely N-dealkylation sites (N-methyl/N-ethyl adjacent to an activating group) is 1. The summed E-state index contributed by atoms with van der Waals surface area (Å²) in [6.45, 7) is 4.23. The molecular formula is C15H20N2O2. The average molecular weight is 260 g/mol. The van der Waals surface area contributed by atoms with Gasteiger partial charge in [-0.05, 0) is 25.7 Å². The van der Waals surface area contributed by atoms with Crippen LogP contribution in [0.15, 0.2) is 24.3 Å². The fourth-order valence-corrected chi connectivity index (χ4v) is 1.54. The number of carbonyl (C=O) groups is 1. The van der Waals surface area contributed by atoms with Gasteiger partial charge in [0.25, 0.3) is 5.91 Å². The lowest BCUT2D eigenvalue weighted by atomic mass is 10.1. The molecule has 0 spiro atoms. The van der Waals surface area contributed by atoms with Crippen molar-refractivity contribution in [2.75, 3.05) is 33.3 Å². The molecule has 0 heterocycles. The smallest absolute Gasteiger partial charge is 0.252 e. The Balaban J connectivity index is 2.66. The van der Waals surface area contributed by atoms with E-state index in [0.717, 1.165) is 13.1 Å². The van der Waals surface area contributed by atoms with E-state index in [0.29, 0.717) is 17.7 Å². The molecule has 102 valence electrons. The molecule has 0 aliphatic carbocycles. The van der Waals surface area contributed by atoms with Gasteiger partial charge >= 0.3 is 0 Å². The first kappa shape index (κ1) is 15.2. The lowest BCUT2D eigenvalue weighted by Gasteiger charge is -2.14. The zero-order valence-electron chi connectivity index (χ0n) is 11.4. The number of hydrogen-bond donors (Lipinski definition) is 2. The molecule has 4 heteroatoms. The van der Waals surface area contributed by atoms with Gasteiger partial charge in [-0.25, -0.2) is 0 Å². The third-order valence-electron chi connectivity index (χ3n) is 2.79. The summed E-state index contributed by atoms with van der Waals surface area (Å²) < 4.78 is 0. The lowest BCUT2D eigenvalue weighted by Crippen LogP contribution is -2.33. The van der Waals surface area contributed by atoms with Crippen LogP contribution in [0.1, 0.15) is 22.8 Å². The number of aliphatic hydroxyl groups excluding tert-OH is 1. The van der Waals surface area contributed by atoms with Gasteiger partial charge in [0.05, 0.1) is 5.56 Å². The van der Waals surface area contributed by atoms with Gasteiger partial charge in [0, 0.05) is 18.7 Å². The number of hydrogen-bond acceptors (Lipinski definition) is 3. The molecule has 0 aromatic heterocycles. The van der Waals surface area contributed by atoms with Crippen LogP contribution in [-0.4, -0.2) is 49.2 Å². The second kappa shape index (κ2) is 8.30. The summed E-state index contributed by atoms with van der Waals surface area (Å²) in [4.78, 5) is 14.2. The minimum absolute atomic E-state index is 0.132. The number of aliphatic hydroxyl groups is 1. The molecule has 0 aliphatic rings. The molecule has 0 radical (unpaired) electrons. The van der Waals surface area contributed by atoms with Gasteiger partial charge in [0.1, 0.15) is 6.61 Å². The second-order valence-electron chi connectivity index (χ2n) is 4.16. The Morgan fingerprint density at radius 3 is 2.84 bits per heavy atom. The molecule has 0 fully saturated rings. The predicted molar refractivity (Wildman–Crippen MR) is 75.9 cm³/mol. The van der Waals surface area contributed by atoms with E-state index in [1.165, 1.54) is 0 Å². The van der Waals surface area contributed by atoms with Gasteiger partial charge in [-0.3, -0.25) is 4.79 Å². The Hall–Kier alpha value is -1.83. The quantitative estimate of drug-likeness (QED) is 0.767. The van der Waals surface area contributed by atoms with E-state index < -0.39 is 0 Å². The molecule has 0 unspecified atom stereocenters. The van der Waals surface area contributed by atoms with Crippen molar-refractivity contribution in [3.8, 4) is 11.8 Å². The molecule has 1 aromatic rings. The van der Waals surface area contributed by atoms with Gasteiger partial charge in [-0.15, -0.1) is 0 Å². The minimum atomic E-state index is -0.211. The Bertz CT molecular complexity index is 475. The fraction of sp³-hybridized carbons (Fsp3) is 0.400. The zero-order chi connectivity index (χ0) is 14.1. The maximum Gasteiger partial charge on any atom is 0.252 e. The highest BCUT2D eigenvalue weighted by Crippen LogP contribution is 2.06. The Morgan fingerprint density at radius 1 is 1.42 bits per heavy atom. The summed E-state index contributed by atoms with van der Waals surface area (Å²) >= 11 is 0. The Labute approximate surface area is 114 Å². The van der Waals surface area contributed by atoms with Crippen molar-refractivity contribution in [1.82, 2.24) is 10.2 Å². The van der Waals surface area contributed by atoms with Crippen molar-refractivity contribution in [3.63, 3.8) is 0 Å². The summed E-state index contributed by atoms with van der Waals surface area (Å²) in [5.74, 6) is 5.21. The molecule has 0 aliphatic heterocycles. The number of benzene rings is 1. The normalized spacial score (nSPS) is 9.89. The summed E-state index contributed by atoms with van der Waals surface area (Å²) in [6.07, 6.45) is 0. The van der Waals surface area contributed by atoms with E-state index in [1.54, 1.807) is 18.2 Å². The van der Waals surface area contributed by atoms with Crippen molar-refractivity contribution < 1.29 is 9.90 Å². The summed E-state index contributed by atoms with van der Waals surface area (Å²) in [7, 11) is 2.01. The van der Waals surface area contributed by atoms with E-state index in [4.69, 9.17) is 5.11 Å². The molecular weight excluding hydrogens is 240 g/mol. The van der Waals surface area contributed by atoms with Gasteiger partial charge in [0.15, 0.2) is 0 Å². The third kappa shape index (κ3) is 5.12. The SMILES string of the molecule is CCN(C)CCNC(=O)c1ccccc1C#CCO. The van der Waals surface area contributed by atoms with Gasteiger partial charge in [-0.1, -0.05) is 30.9 Å². The molecule has 0 bridgehead atoms. The minimum Gasteiger partial charge on any atom is -0.384 e. The topological polar surface area (TPSA) is 52.6 Å². The number of carbonyl (C=O) groups excluding carboxylic acids is 1. The van der Waals surface area contributed by atoms with E-state index >= 15 is 0 Å². The van der Waals surface area contributed by atoms with Crippen molar-refractivity contribution in [1.29, 1.82) is 0 Å². The monoisotopic (exact) mass is 260 g/mol. The van der Waals surface area contributed by atoms with Gasteiger partial charge in [0.2, 0.25) is 0 Å². The van der Waals surface area contributed by atoms with Crippen LogP contribution >= 0.6 is 0 Å². The largest absolute Gasteiger partial charge is 0.384 e. The maximum absolute atomic E-state index is 12.0. The molecule has 4 nitrogen and oxygen atoms in total. The summed E-state index contributed by atoms with van der Waals surface area (Å²) in [5.41, 5.74) is 1.18. The highest BCUT2D eigenvalue weighted by molar-refractivity contribution is 5.96. The first-order valence-electron chi connectivity index (χ1n) is 6.34. The number of amides is 1. The van der Waals surface area contributed by atoms with Crippen LogP contribution in [0, 0.1) is 11.8 Å². The molecule has 1 amide bonds. The molecule has 0 atom stereocenters.